The molecule has 0 saturated heterocycles. The Balaban J connectivity index is 2.51. The molecule has 0 aliphatic heterocycles. The molecule has 0 bridgehead atoms. The van der Waals surface area contributed by atoms with Gasteiger partial charge in [-0.3, -0.25) is 4.57 Å². The Kier molecular flexibility index (Phi) is 5.17. The van der Waals surface area contributed by atoms with Crippen molar-refractivity contribution in [3.8, 4) is 0 Å². The third-order valence-electron chi connectivity index (χ3n) is 3.03. The summed E-state index contributed by atoms with van der Waals surface area (Å²) in [5.41, 5.74) is -4.08. The maximum atomic E-state index is 14.7. The number of alkyl halides is 2. The lowest BCUT2D eigenvalue weighted by Crippen LogP contribution is -2.18. The summed E-state index contributed by atoms with van der Waals surface area (Å²) in [4.78, 5) is 0.883. The molecule has 1 aromatic carbocycles. The zero-order chi connectivity index (χ0) is 16.4. The van der Waals surface area contributed by atoms with E-state index < -0.39 is 13.3 Å². The second kappa shape index (κ2) is 6.59. The number of thiophene rings is 1. The maximum Gasteiger partial charge on any atom is 0.404 e. The molecule has 0 unspecified atom stereocenters. The van der Waals surface area contributed by atoms with Crippen molar-refractivity contribution in [2.75, 3.05) is 13.2 Å². The van der Waals surface area contributed by atoms with Gasteiger partial charge >= 0.3 is 13.3 Å². The van der Waals surface area contributed by atoms with Gasteiger partial charge in [0, 0.05) is 15.1 Å². The molecular formula is C15H17F2O3PS. The van der Waals surface area contributed by atoms with Gasteiger partial charge in [0.05, 0.1) is 13.2 Å². The van der Waals surface area contributed by atoms with Gasteiger partial charge < -0.3 is 9.05 Å². The number of hydrogen-bond acceptors (Lipinski definition) is 4. The van der Waals surface area contributed by atoms with Gasteiger partial charge in [0.2, 0.25) is 0 Å². The molecule has 2 aromatic rings. The topological polar surface area (TPSA) is 35.5 Å². The van der Waals surface area contributed by atoms with E-state index in [0.29, 0.717) is 5.39 Å². The fourth-order valence-corrected chi connectivity index (χ4v) is 4.48. The van der Waals surface area contributed by atoms with Crippen molar-refractivity contribution in [1.82, 2.24) is 0 Å². The first-order valence-corrected chi connectivity index (χ1v) is 9.17. The lowest BCUT2D eigenvalue weighted by atomic mass is 10.1. The summed E-state index contributed by atoms with van der Waals surface area (Å²) < 4.78 is 52.2. The van der Waals surface area contributed by atoms with Gasteiger partial charge in [-0.25, -0.2) is 0 Å². The minimum absolute atomic E-state index is 0.117. The summed E-state index contributed by atoms with van der Waals surface area (Å²) in [7, 11) is -4.57. The normalized spacial score (nSPS) is 12.7. The van der Waals surface area contributed by atoms with Crippen LogP contribution in [0.4, 0.5) is 8.78 Å². The molecule has 3 nitrogen and oxygen atoms in total. The van der Waals surface area contributed by atoms with E-state index in [4.69, 9.17) is 9.05 Å². The van der Waals surface area contributed by atoms with Crippen LogP contribution in [0.5, 0.6) is 0 Å². The van der Waals surface area contributed by atoms with Crippen LogP contribution in [0.1, 0.15) is 24.3 Å². The molecule has 0 amide bonds. The quantitative estimate of drug-likeness (QED) is 0.589. The fraction of sp³-hybridized carbons (Fsp3) is 0.333. The average molecular weight is 346 g/mol. The van der Waals surface area contributed by atoms with Crippen molar-refractivity contribution in [3.63, 3.8) is 0 Å². The van der Waals surface area contributed by atoms with Crippen LogP contribution >= 0.6 is 18.9 Å². The zero-order valence-electron chi connectivity index (χ0n) is 12.3. The van der Waals surface area contributed by atoms with Crippen LogP contribution in [0.15, 0.2) is 30.8 Å². The molecule has 1 heterocycles. The molecule has 120 valence electrons. The summed E-state index contributed by atoms with van der Waals surface area (Å²) in [6.45, 7) is 6.43. The monoisotopic (exact) mass is 346 g/mol. The lowest BCUT2D eigenvalue weighted by molar-refractivity contribution is 0.0362. The van der Waals surface area contributed by atoms with Crippen LogP contribution in [0, 0.1) is 0 Å². The second-order valence-corrected chi connectivity index (χ2v) is 7.67. The largest absolute Gasteiger partial charge is 0.404 e. The molecule has 0 saturated carbocycles. The highest BCUT2D eigenvalue weighted by molar-refractivity contribution is 7.54. The van der Waals surface area contributed by atoms with Crippen molar-refractivity contribution in [1.29, 1.82) is 0 Å². The summed E-state index contributed by atoms with van der Waals surface area (Å²) >= 11 is 1.45. The smallest absolute Gasteiger partial charge is 0.304 e. The van der Waals surface area contributed by atoms with Crippen molar-refractivity contribution >= 4 is 35.1 Å². The van der Waals surface area contributed by atoms with E-state index in [2.05, 4.69) is 6.58 Å². The average Bonchev–Trinajstić information content (AvgIpc) is 2.89. The first-order chi connectivity index (χ1) is 10.4. The number of fused-ring (bicyclic) bond motifs is 1. The van der Waals surface area contributed by atoms with Gasteiger partial charge in [0.1, 0.15) is 0 Å². The predicted octanol–water partition coefficient (Wildman–Crippen LogP) is 5.86. The molecule has 0 N–H and O–H groups in total. The van der Waals surface area contributed by atoms with Crippen molar-refractivity contribution in [2.24, 2.45) is 0 Å². The van der Waals surface area contributed by atoms with Crippen LogP contribution in [0.3, 0.4) is 0 Å². The lowest BCUT2D eigenvalue weighted by Gasteiger charge is -2.26. The summed E-state index contributed by atoms with van der Waals surface area (Å²) in [6, 6.07) is 5.93. The highest BCUT2D eigenvalue weighted by Crippen LogP contribution is 2.66. The first-order valence-electron chi connectivity index (χ1n) is 6.81. The van der Waals surface area contributed by atoms with Gasteiger partial charge in [-0.05, 0) is 37.4 Å². The summed E-state index contributed by atoms with van der Waals surface area (Å²) in [5.74, 6) is 0. The van der Waals surface area contributed by atoms with Crippen LogP contribution in [0.25, 0.3) is 16.2 Å². The molecule has 7 heteroatoms. The number of rotatable bonds is 7. The first kappa shape index (κ1) is 17.3. The standard InChI is InChI=1S/C15H17F2O3PS/c1-4-13-10-11-9-12(7-8-14(11)22-13)15(16,17)21(18,19-5-2)20-6-3/h4,7-10H,1,5-6H2,2-3H3. The van der Waals surface area contributed by atoms with Crippen LogP contribution < -0.4 is 0 Å². The Hall–Kier alpha value is -1.07. The van der Waals surface area contributed by atoms with E-state index in [1.165, 1.54) is 37.3 Å². The second-order valence-electron chi connectivity index (χ2n) is 4.48. The Morgan fingerprint density at radius 2 is 1.91 bits per heavy atom. The van der Waals surface area contributed by atoms with Crippen molar-refractivity contribution in [2.45, 2.75) is 19.5 Å². The number of benzene rings is 1. The predicted molar refractivity (Wildman–Crippen MR) is 86.7 cm³/mol. The highest BCUT2D eigenvalue weighted by atomic mass is 32.1. The minimum atomic E-state index is -4.57. The number of halogens is 2. The van der Waals surface area contributed by atoms with E-state index >= 15 is 0 Å². The number of hydrogen-bond donors (Lipinski definition) is 0. The van der Waals surface area contributed by atoms with Gasteiger partial charge in [-0.15, -0.1) is 11.3 Å². The summed E-state index contributed by atoms with van der Waals surface area (Å²) in [5, 5.41) is 0.650. The molecule has 0 fully saturated rings. The molecule has 0 aliphatic rings. The highest BCUT2D eigenvalue weighted by Gasteiger charge is 2.54. The summed E-state index contributed by atoms with van der Waals surface area (Å²) in [6.07, 6.45) is 1.66. The Bertz CT molecular complexity index is 717. The fourth-order valence-electron chi connectivity index (χ4n) is 2.05. The van der Waals surface area contributed by atoms with E-state index in [-0.39, 0.29) is 18.8 Å². The van der Waals surface area contributed by atoms with Crippen molar-refractivity contribution in [3.05, 3.63) is 41.3 Å². The van der Waals surface area contributed by atoms with Crippen LogP contribution in [-0.4, -0.2) is 13.2 Å². The molecular weight excluding hydrogens is 329 g/mol. The van der Waals surface area contributed by atoms with E-state index in [1.807, 2.05) is 0 Å². The molecule has 1 aromatic heterocycles. The van der Waals surface area contributed by atoms with Crippen LogP contribution in [0.2, 0.25) is 0 Å². The van der Waals surface area contributed by atoms with Gasteiger partial charge in [-0.1, -0.05) is 18.7 Å². The molecule has 0 atom stereocenters. The third-order valence-corrected chi connectivity index (χ3v) is 6.28. The van der Waals surface area contributed by atoms with E-state index in [1.54, 1.807) is 18.2 Å². The van der Waals surface area contributed by atoms with Crippen molar-refractivity contribution < 1.29 is 22.4 Å². The molecule has 2 rings (SSSR count). The molecule has 22 heavy (non-hydrogen) atoms. The molecule has 0 spiro atoms. The molecule has 0 aliphatic carbocycles. The SMILES string of the molecule is C=Cc1cc2cc(C(F)(F)P(=O)(OCC)OCC)ccc2s1. The van der Waals surface area contributed by atoms with E-state index in [9.17, 15) is 13.3 Å². The molecule has 0 radical (unpaired) electrons. The maximum absolute atomic E-state index is 14.7. The Labute approximate surface area is 132 Å². The zero-order valence-corrected chi connectivity index (χ0v) is 14.1. The van der Waals surface area contributed by atoms with E-state index in [0.717, 1.165) is 9.58 Å². The van der Waals surface area contributed by atoms with Gasteiger partial charge in [-0.2, -0.15) is 8.78 Å². The van der Waals surface area contributed by atoms with Gasteiger partial charge in [0.15, 0.2) is 0 Å². The van der Waals surface area contributed by atoms with Gasteiger partial charge in [0.25, 0.3) is 0 Å². The Morgan fingerprint density at radius 1 is 1.27 bits per heavy atom. The third kappa shape index (κ3) is 3.01. The Morgan fingerprint density at radius 3 is 2.45 bits per heavy atom. The van der Waals surface area contributed by atoms with Crippen LogP contribution in [-0.2, 0) is 19.3 Å². The minimum Gasteiger partial charge on any atom is -0.304 e.